The molecule has 0 radical (unpaired) electrons. The van der Waals surface area contributed by atoms with Crippen molar-refractivity contribution in [2.75, 3.05) is 11.1 Å². The number of aromatic nitrogens is 4. The van der Waals surface area contributed by atoms with Gasteiger partial charge in [0.25, 0.3) is 0 Å². The molecule has 2 aromatic heterocycles. The summed E-state index contributed by atoms with van der Waals surface area (Å²) in [5.74, 6) is 2.11. The zero-order valence-electron chi connectivity index (χ0n) is 14.9. The second kappa shape index (κ2) is 7.29. The molecule has 0 bridgehead atoms. The molecule has 2 heterocycles. The molecule has 0 saturated carbocycles. The maximum Gasteiger partial charge on any atom is 0.159 e. The van der Waals surface area contributed by atoms with Crippen molar-refractivity contribution in [3.63, 3.8) is 0 Å². The van der Waals surface area contributed by atoms with E-state index >= 15 is 0 Å². The van der Waals surface area contributed by atoms with Crippen molar-refractivity contribution < 1.29 is 0 Å². The highest BCUT2D eigenvalue weighted by molar-refractivity contribution is 5.72. The summed E-state index contributed by atoms with van der Waals surface area (Å²) in [5.41, 5.74) is 8.84. The molecule has 2 aromatic carbocycles. The molecule has 4 rings (SSSR count). The fourth-order valence-corrected chi connectivity index (χ4v) is 2.98. The number of rotatable bonds is 5. The summed E-state index contributed by atoms with van der Waals surface area (Å²) in [6.45, 7) is 2.09. The summed E-state index contributed by atoms with van der Waals surface area (Å²) < 4.78 is 1.89. The zero-order valence-corrected chi connectivity index (χ0v) is 14.9. The third kappa shape index (κ3) is 3.50. The van der Waals surface area contributed by atoms with Crippen molar-refractivity contribution in [1.82, 2.24) is 19.5 Å². The fourth-order valence-electron chi connectivity index (χ4n) is 2.98. The van der Waals surface area contributed by atoms with Gasteiger partial charge in [0, 0.05) is 29.7 Å². The van der Waals surface area contributed by atoms with Gasteiger partial charge in [0.15, 0.2) is 5.82 Å². The van der Waals surface area contributed by atoms with E-state index in [0.29, 0.717) is 17.3 Å². The Kier molecular flexibility index (Phi) is 4.53. The highest BCUT2D eigenvalue weighted by Crippen LogP contribution is 2.26. The summed E-state index contributed by atoms with van der Waals surface area (Å²) >= 11 is 0. The summed E-state index contributed by atoms with van der Waals surface area (Å²) in [4.78, 5) is 13.5. The van der Waals surface area contributed by atoms with E-state index in [0.717, 1.165) is 11.4 Å². The molecule has 0 fully saturated rings. The molecule has 0 spiro atoms. The average Bonchev–Trinajstić information content (AvgIpc) is 3.19. The quantitative estimate of drug-likeness (QED) is 0.527. The second-order valence-corrected chi connectivity index (χ2v) is 6.25. The van der Waals surface area contributed by atoms with Crippen molar-refractivity contribution in [2.24, 2.45) is 0 Å². The van der Waals surface area contributed by atoms with Crippen molar-refractivity contribution in [3.05, 3.63) is 84.9 Å². The molecule has 4 aromatic rings. The summed E-state index contributed by atoms with van der Waals surface area (Å²) in [6.07, 6.45) is 7.02. The van der Waals surface area contributed by atoms with Crippen LogP contribution in [0, 0.1) is 0 Å². The van der Waals surface area contributed by atoms with Crippen LogP contribution in [0.15, 0.2) is 79.4 Å². The number of imidazole rings is 1. The van der Waals surface area contributed by atoms with Gasteiger partial charge < -0.3 is 11.1 Å². The Hall–Kier alpha value is -3.67. The van der Waals surface area contributed by atoms with Crippen LogP contribution in [0.1, 0.15) is 18.5 Å². The molecule has 27 heavy (non-hydrogen) atoms. The third-order valence-electron chi connectivity index (χ3n) is 4.38. The number of nitrogens with one attached hydrogen (secondary N) is 1. The first-order chi connectivity index (χ1) is 13.2. The van der Waals surface area contributed by atoms with Gasteiger partial charge in [0.1, 0.15) is 11.6 Å². The van der Waals surface area contributed by atoms with Gasteiger partial charge >= 0.3 is 0 Å². The molecule has 1 unspecified atom stereocenters. The lowest BCUT2D eigenvalue weighted by molar-refractivity contribution is 0.864. The van der Waals surface area contributed by atoms with Gasteiger partial charge in [-0.25, -0.2) is 9.97 Å². The van der Waals surface area contributed by atoms with Crippen molar-refractivity contribution in [1.29, 1.82) is 0 Å². The van der Waals surface area contributed by atoms with E-state index in [1.165, 1.54) is 5.56 Å². The van der Waals surface area contributed by atoms with Crippen molar-refractivity contribution in [2.45, 2.75) is 13.0 Å². The first-order valence-corrected chi connectivity index (χ1v) is 8.74. The minimum absolute atomic E-state index is 0.114. The first-order valence-electron chi connectivity index (χ1n) is 8.74. The van der Waals surface area contributed by atoms with Crippen LogP contribution in [0.2, 0.25) is 0 Å². The normalized spacial score (nSPS) is 11.9. The first kappa shape index (κ1) is 16.8. The topological polar surface area (TPSA) is 81.7 Å². The van der Waals surface area contributed by atoms with Gasteiger partial charge in [0.2, 0.25) is 0 Å². The summed E-state index contributed by atoms with van der Waals surface area (Å²) in [5, 5.41) is 3.40. The van der Waals surface area contributed by atoms with Gasteiger partial charge in [-0.3, -0.25) is 9.55 Å². The monoisotopic (exact) mass is 356 g/mol. The zero-order chi connectivity index (χ0) is 18.6. The third-order valence-corrected chi connectivity index (χ3v) is 4.38. The number of nitrogens with zero attached hydrogens (tertiary/aromatic N) is 4. The van der Waals surface area contributed by atoms with Crippen LogP contribution in [-0.4, -0.2) is 19.5 Å². The van der Waals surface area contributed by atoms with E-state index in [4.69, 9.17) is 10.7 Å². The Morgan fingerprint density at radius 1 is 1.00 bits per heavy atom. The van der Waals surface area contributed by atoms with Crippen LogP contribution in [0.5, 0.6) is 0 Å². The molecule has 0 aliphatic rings. The summed E-state index contributed by atoms with van der Waals surface area (Å²) in [7, 11) is 0. The predicted molar refractivity (Wildman–Crippen MR) is 107 cm³/mol. The molecular formula is C21H20N6. The Morgan fingerprint density at radius 3 is 2.59 bits per heavy atom. The number of hydrogen-bond acceptors (Lipinski definition) is 5. The van der Waals surface area contributed by atoms with Crippen LogP contribution in [0.25, 0.3) is 17.2 Å². The summed E-state index contributed by atoms with van der Waals surface area (Å²) in [6, 6.07) is 18.0. The highest BCUT2D eigenvalue weighted by atomic mass is 15.2. The SMILES string of the molecule is CC(Nc1cncc(-n2ccnc2-c2ccccc2N)n1)c1ccccc1. The van der Waals surface area contributed by atoms with E-state index in [1.807, 2.05) is 53.2 Å². The minimum Gasteiger partial charge on any atom is -0.398 e. The van der Waals surface area contributed by atoms with Crippen LogP contribution in [-0.2, 0) is 0 Å². The molecule has 0 aliphatic heterocycles. The fraction of sp³-hybridized carbons (Fsp3) is 0.0952. The predicted octanol–water partition coefficient (Wildman–Crippen LogP) is 4.08. The molecule has 3 N–H and O–H groups in total. The minimum atomic E-state index is 0.114. The number of nitrogens with two attached hydrogens (primary N) is 1. The van der Waals surface area contributed by atoms with Crippen LogP contribution in [0.4, 0.5) is 11.5 Å². The number of para-hydroxylation sites is 1. The van der Waals surface area contributed by atoms with E-state index < -0.39 is 0 Å². The Balaban J connectivity index is 1.65. The van der Waals surface area contributed by atoms with Gasteiger partial charge in [-0.15, -0.1) is 0 Å². The molecular weight excluding hydrogens is 336 g/mol. The maximum absolute atomic E-state index is 6.12. The molecule has 6 heteroatoms. The lowest BCUT2D eigenvalue weighted by Crippen LogP contribution is -2.10. The van der Waals surface area contributed by atoms with Crippen molar-refractivity contribution in [3.8, 4) is 17.2 Å². The largest absolute Gasteiger partial charge is 0.398 e. The van der Waals surface area contributed by atoms with E-state index in [-0.39, 0.29) is 6.04 Å². The Bertz CT molecular complexity index is 1040. The smallest absolute Gasteiger partial charge is 0.159 e. The molecule has 0 saturated heterocycles. The second-order valence-electron chi connectivity index (χ2n) is 6.25. The standard InChI is InChI=1S/C21H20N6/c1-15(16-7-3-2-4-8-16)25-19-13-23-14-20(26-19)27-12-11-24-21(27)17-9-5-6-10-18(17)22/h2-15H,22H2,1H3,(H,25,26). The number of anilines is 2. The molecule has 1 atom stereocenters. The van der Waals surface area contributed by atoms with E-state index in [1.54, 1.807) is 18.6 Å². The molecule has 0 amide bonds. The highest BCUT2D eigenvalue weighted by Gasteiger charge is 2.13. The van der Waals surface area contributed by atoms with E-state index in [9.17, 15) is 0 Å². The lowest BCUT2D eigenvalue weighted by atomic mass is 10.1. The molecule has 6 nitrogen and oxygen atoms in total. The van der Waals surface area contributed by atoms with Crippen LogP contribution < -0.4 is 11.1 Å². The van der Waals surface area contributed by atoms with Crippen LogP contribution >= 0.6 is 0 Å². The van der Waals surface area contributed by atoms with Gasteiger partial charge in [0.05, 0.1) is 12.4 Å². The van der Waals surface area contributed by atoms with Gasteiger partial charge in [-0.2, -0.15) is 0 Å². The number of nitrogen functional groups attached to an aromatic ring is 1. The van der Waals surface area contributed by atoms with E-state index in [2.05, 4.69) is 34.3 Å². The van der Waals surface area contributed by atoms with Gasteiger partial charge in [-0.1, -0.05) is 42.5 Å². The lowest BCUT2D eigenvalue weighted by Gasteiger charge is -2.15. The van der Waals surface area contributed by atoms with Crippen LogP contribution in [0.3, 0.4) is 0 Å². The Labute approximate surface area is 157 Å². The molecule has 0 aliphatic carbocycles. The van der Waals surface area contributed by atoms with Crippen molar-refractivity contribution >= 4 is 11.5 Å². The maximum atomic E-state index is 6.12. The van der Waals surface area contributed by atoms with Gasteiger partial charge in [-0.05, 0) is 24.6 Å². The molecule has 134 valence electrons. The number of benzene rings is 2. The number of hydrogen-bond donors (Lipinski definition) is 2. The average molecular weight is 356 g/mol. The Morgan fingerprint density at radius 2 is 1.78 bits per heavy atom.